The second-order valence-electron chi connectivity index (χ2n) is 4.31. The van der Waals surface area contributed by atoms with Gasteiger partial charge in [0.25, 0.3) is 0 Å². The van der Waals surface area contributed by atoms with Crippen LogP contribution in [0.15, 0.2) is 23.2 Å². The molecule has 18 heavy (non-hydrogen) atoms. The van der Waals surface area contributed by atoms with Gasteiger partial charge >= 0.3 is 0 Å². The molecule has 0 fully saturated rings. The van der Waals surface area contributed by atoms with Gasteiger partial charge in [0.15, 0.2) is 0 Å². The van der Waals surface area contributed by atoms with Crippen LogP contribution in [0.2, 0.25) is 0 Å². The van der Waals surface area contributed by atoms with Crippen molar-refractivity contribution in [1.29, 1.82) is 0 Å². The van der Waals surface area contributed by atoms with E-state index < -0.39 is 0 Å². The minimum Gasteiger partial charge on any atom is -0.370 e. The Kier molecular flexibility index (Phi) is 4.15. The zero-order valence-electron chi connectivity index (χ0n) is 10.9. The van der Waals surface area contributed by atoms with Gasteiger partial charge in [0.05, 0.1) is 5.69 Å². The molecule has 0 aliphatic rings. The van der Waals surface area contributed by atoms with Crippen molar-refractivity contribution in [2.24, 2.45) is 0 Å². The van der Waals surface area contributed by atoms with E-state index in [2.05, 4.69) is 46.8 Å². The minimum atomic E-state index is 0.362. The lowest BCUT2D eigenvalue weighted by Gasteiger charge is -2.16. The maximum atomic E-state index is 4.36. The standard InChI is InChI=1S/C13H18N4S/c1-4-14-12-11(9(2)3)13(16-8-15-12)17-10-5-6-18-7-10/h5-9H,4H2,1-3H3,(H2,14,15,16,17). The van der Waals surface area contributed by atoms with Crippen LogP contribution in [0.5, 0.6) is 0 Å². The van der Waals surface area contributed by atoms with E-state index >= 15 is 0 Å². The van der Waals surface area contributed by atoms with Crippen molar-refractivity contribution in [3.05, 3.63) is 28.7 Å². The lowest BCUT2D eigenvalue weighted by molar-refractivity contribution is 0.849. The van der Waals surface area contributed by atoms with E-state index in [0.717, 1.165) is 29.4 Å². The van der Waals surface area contributed by atoms with E-state index in [9.17, 15) is 0 Å². The molecule has 2 rings (SSSR count). The fourth-order valence-corrected chi connectivity index (χ4v) is 2.41. The number of aromatic nitrogens is 2. The summed E-state index contributed by atoms with van der Waals surface area (Å²) in [6.45, 7) is 7.23. The Labute approximate surface area is 111 Å². The zero-order chi connectivity index (χ0) is 13.0. The van der Waals surface area contributed by atoms with E-state index in [1.54, 1.807) is 17.7 Å². The summed E-state index contributed by atoms with van der Waals surface area (Å²) in [7, 11) is 0. The summed E-state index contributed by atoms with van der Waals surface area (Å²) in [5, 5.41) is 10.8. The topological polar surface area (TPSA) is 49.8 Å². The molecule has 0 aromatic carbocycles. The van der Waals surface area contributed by atoms with Gasteiger partial charge in [-0.1, -0.05) is 13.8 Å². The van der Waals surface area contributed by atoms with Crippen molar-refractivity contribution in [1.82, 2.24) is 9.97 Å². The fourth-order valence-electron chi connectivity index (χ4n) is 1.82. The minimum absolute atomic E-state index is 0.362. The highest BCUT2D eigenvalue weighted by Crippen LogP contribution is 2.30. The van der Waals surface area contributed by atoms with Crippen LogP contribution in [0, 0.1) is 0 Å². The molecule has 2 aromatic rings. The molecule has 4 nitrogen and oxygen atoms in total. The van der Waals surface area contributed by atoms with Crippen LogP contribution in [-0.4, -0.2) is 16.5 Å². The van der Waals surface area contributed by atoms with Crippen LogP contribution < -0.4 is 10.6 Å². The quantitative estimate of drug-likeness (QED) is 0.859. The summed E-state index contributed by atoms with van der Waals surface area (Å²) in [6.07, 6.45) is 1.60. The van der Waals surface area contributed by atoms with Gasteiger partial charge < -0.3 is 10.6 Å². The second-order valence-corrected chi connectivity index (χ2v) is 5.09. The average Bonchev–Trinajstić information content (AvgIpc) is 2.82. The van der Waals surface area contributed by atoms with E-state index in [1.165, 1.54) is 0 Å². The molecule has 2 aromatic heterocycles. The van der Waals surface area contributed by atoms with Gasteiger partial charge in [-0.25, -0.2) is 9.97 Å². The highest BCUT2D eigenvalue weighted by Gasteiger charge is 2.14. The Balaban J connectivity index is 2.36. The summed E-state index contributed by atoms with van der Waals surface area (Å²) < 4.78 is 0. The van der Waals surface area contributed by atoms with Gasteiger partial charge in [-0.05, 0) is 24.3 Å². The first-order chi connectivity index (χ1) is 8.72. The predicted octanol–water partition coefficient (Wildman–Crippen LogP) is 3.84. The van der Waals surface area contributed by atoms with Gasteiger partial charge in [-0.3, -0.25) is 0 Å². The number of nitrogens with one attached hydrogen (secondary N) is 2. The molecule has 2 N–H and O–H groups in total. The van der Waals surface area contributed by atoms with Gasteiger partial charge in [0.1, 0.15) is 18.0 Å². The third-order valence-corrected chi connectivity index (χ3v) is 3.27. The summed E-state index contributed by atoms with van der Waals surface area (Å²) in [4.78, 5) is 8.68. The molecular formula is C13H18N4S. The highest BCUT2D eigenvalue weighted by molar-refractivity contribution is 7.08. The SMILES string of the molecule is CCNc1ncnc(Nc2ccsc2)c1C(C)C. The Morgan fingerprint density at radius 3 is 2.67 bits per heavy atom. The molecule has 2 heterocycles. The van der Waals surface area contributed by atoms with Gasteiger partial charge in [-0.15, -0.1) is 0 Å². The smallest absolute Gasteiger partial charge is 0.139 e. The summed E-state index contributed by atoms with van der Waals surface area (Å²) in [5.41, 5.74) is 2.20. The predicted molar refractivity (Wildman–Crippen MR) is 77.9 cm³/mol. The molecule has 0 amide bonds. The number of rotatable bonds is 5. The lowest BCUT2D eigenvalue weighted by Crippen LogP contribution is -2.08. The van der Waals surface area contributed by atoms with Crippen molar-refractivity contribution < 1.29 is 0 Å². The van der Waals surface area contributed by atoms with E-state index in [4.69, 9.17) is 0 Å². The summed E-state index contributed by atoms with van der Waals surface area (Å²) >= 11 is 1.67. The number of nitrogens with zero attached hydrogens (tertiary/aromatic N) is 2. The summed E-state index contributed by atoms with van der Waals surface area (Å²) in [6, 6.07) is 2.05. The molecule has 0 atom stereocenters. The molecule has 0 aliphatic carbocycles. The van der Waals surface area contributed by atoms with Crippen LogP contribution in [0.25, 0.3) is 0 Å². The first kappa shape index (κ1) is 12.8. The zero-order valence-corrected chi connectivity index (χ0v) is 11.7. The average molecular weight is 262 g/mol. The maximum absolute atomic E-state index is 4.36. The van der Waals surface area contributed by atoms with Crippen LogP contribution in [0.1, 0.15) is 32.3 Å². The number of thiophene rings is 1. The van der Waals surface area contributed by atoms with Crippen molar-refractivity contribution >= 4 is 28.7 Å². The first-order valence-electron chi connectivity index (χ1n) is 6.10. The molecular weight excluding hydrogens is 244 g/mol. The monoisotopic (exact) mass is 262 g/mol. The van der Waals surface area contributed by atoms with Crippen molar-refractivity contribution in [3.63, 3.8) is 0 Å². The highest BCUT2D eigenvalue weighted by atomic mass is 32.1. The van der Waals surface area contributed by atoms with E-state index in [-0.39, 0.29) is 0 Å². The largest absolute Gasteiger partial charge is 0.370 e. The van der Waals surface area contributed by atoms with Crippen LogP contribution in [0.4, 0.5) is 17.3 Å². The van der Waals surface area contributed by atoms with Crippen molar-refractivity contribution in [2.75, 3.05) is 17.2 Å². The molecule has 0 spiro atoms. The molecule has 96 valence electrons. The van der Waals surface area contributed by atoms with Crippen molar-refractivity contribution in [2.45, 2.75) is 26.7 Å². The van der Waals surface area contributed by atoms with Crippen LogP contribution in [-0.2, 0) is 0 Å². The molecule has 0 aliphatic heterocycles. The van der Waals surface area contributed by atoms with Gasteiger partial charge in [-0.2, -0.15) is 11.3 Å². The molecule has 0 saturated heterocycles. The van der Waals surface area contributed by atoms with Gasteiger partial charge in [0, 0.05) is 17.5 Å². The number of anilines is 3. The molecule has 0 radical (unpaired) electrons. The Hall–Kier alpha value is -1.62. The Morgan fingerprint density at radius 1 is 1.28 bits per heavy atom. The van der Waals surface area contributed by atoms with Gasteiger partial charge in [0.2, 0.25) is 0 Å². The van der Waals surface area contributed by atoms with E-state index in [0.29, 0.717) is 5.92 Å². The maximum Gasteiger partial charge on any atom is 0.139 e. The number of hydrogen-bond donors (Lipinski definition) is 2. The first-order valence-corrected chi connectivity index (χ1v) is 7.04. The Morgan fingerprint density at radius 2 is 2.06 bits per heavy atom. The third kappa shape index (κ3) is 2.79. The van der Waals surface area contributed by atoms with E-state index in [1.807, 2.05) is 11.4 Å². The molecule has 0 bridgehead atoms. The fraction of sp³-hybridized carbons (Fsp3) is 0.385. The van der Waals surface area contributed by atoms with Crippen molar-refractivity contribution in [3.8, 4) is 0 Å². The lowest BCUT2D eigenvalue weighted by atomic mass is 10.0. The molecule has 0 saturated carbocycles. The normalized spacial score (nSPS) is 10.7. The summed E-state index contributed by atoms with van der Waals surface area (Å²) in [5.74, 6) is 2.16. The molecule has 0 unspecified atom stereocenters. The third-order valence-electron chi connectivity index (χ3n) is 2.59. The Bertz CT molecular complexity index is 494. The van der Waals surface area contributed by atoms with Crippen LogP contribution in [0.3, 0.4) is 0 Å². The second kappa shape index (κ2) is 5.82. The van der Waals surface area contributed by atoms with Crippen LogP contribution >= 0.6 is 11.3 Å². The molecule has 5 heteroatoms. The number of hydrogen-bond acceptors (Lipinski definition) is 5.